The smallest absolute Gasteiger partial charge is 0.240 e. The highest BCUT2D eigenvalue weighted by Gasteiger charge is 2.26. The highest BCUT2D eigenvalue weighted by molar-refractivity contribution is 7.89. The van der Waals surface area contributed by atoms with Crippen molar-refractivity contribution < 1.29 is 13.2 Å². The molecule has 6 heteroatoms. The summed E-state index contributed by atoms with van der Waals surface area (Å²) in [5.74, 6) is -0.0676. The molecule has 2 rings (SSSR count). The molecule has 1 amide bonds. The molecule has 0 spiro atoms. The van der Waals surface area contributed by atoms with Gasteiger partial charge in [0.05, 0.1) is 4.90 Å². The number of nitrogens with one attached hydrogen (secondary N) is 2. The molecule has 2 atom stereocenters. The van der Waals surface area contributed by atoms with Gasteiger partial charge >= 0.3 is 0 Å². The first kappa shape index (κ1) is 16.0. The molecule has 0 radical (unpaired) electrons. The first-order chi connectivity index (χ1) is 9.87. The maximum atomic E-state index is 12.3. The molecule has 1 aromatic rings. The van der Waals surface area contributed by atoms with Gasteiger partial charge in [-0.1, -0.05) is 17.7 Å². The highest BCUT2D eigenvalue weighted by atomic mass is 32.2. The van der Waals surface area contributed by atoms with E-state index >= 15 is 0 Å². The fourth-order valence-corrected chi connectivity index (χ4v) is 4.00. The summed E-state index contributed by atoms with van der Waals surface area (Å²) >= 11 is 0. The van der Waals surface area contributed by atoms with Crippen molar-refractivity contribution in [2.45, 2.75) is 56.5 Å². The van der Waals surface area contributed by atoms with Gasteiger partial charge < -0.3 is 5.32 Å². The summed E-state index contributed by atoms with van der Waals surface area (Å²) in [6, 6.07) is 6.74. The van der Waals surface area contributed by atoms with E-state index < -0.39 is 10.0 Å². The van der Waals surface area contributed by atoms with E-state index in [1.807, 2.05) is 6.92 Å². The lowest BCUT2D eigenvalue weighted by atomic mass is 9.91. The molecule has 1 aliphatic rings. The van der Waals surface area contributed by atoms with Gasteiger partial charge in [0.2, 0.25) is 15.9 Å². The topological polar surface area (TPSA) is 75.3 Å². The predicted octanol–water partition coefficient (Wildman–Crippen LogP) is 1.72. The summed E-state index contributed by atoms with van der Waals surface area (Å²) in [7, 11) is -3.49. The Bertz CT molecular complexity index is 596. The van der Waals surface area contributed by atoms with Crippen LogP contribution in [0.3, 0.4) is 0 Å². The summed E-state index contributed by atoms with van der Waals surface area (Å²) in [5, 5.41) is 2.87. The minimum Gasteiger partial charge on any atom is -0.354 e. The van der Waals surface area contributed by atoms with E-state index in [1.54, 1.807) is 24.3 Å². The van der Waals surface area contributed by atoms with Gasteiger partial charge in [0.1, 0.15) is 0 Å². The van der Waals surface area contributed by atoms with Crippen molar-refractivity contribution in [3.63, 3.8) is 0 Å². The predicted molar refractivity (Wildman–Crippen MR) is 81.4 cm³/mol. The second-order valence-electron chi connectivity index (χ2n) is 5.70. The molecule has 2 N–H and O–H groups in total. The lowest BCUT2D eigenvalue weighted by molar-refractivity contribution is -0.119. The maximum absolute atomic E-state index is 12.3. The number of carbonyl (C=O) groups is 1. The summed E-state index contributed by atoms with van der Waals surface area (Å²) in [6.45, 7) is 3.41. The highest BCUT2D eigenvalue weighted by Crippen LogP contribution is 2.21. The maximum Gasteiger partial charge on any atom is 0.240 e. The third kappa shape index (κ3) is 4.54. The third-order valence-electron chi connectivity index (χ3n) is 3.73. The van der Waals surface area contributed by atoms with E-state index in [0.717, 1.165) is 24.8 Å². The minimum atomic E-state index is -3.49. The Balaban J connectivity index is 2.02. The molecule has 1 aromatic carbocycles. The monoisotopic (exact) mass is 310 g/mol. The van der Waals surface area contributed by atoms with E-state index in [2.05, 4.69) is 10.0 Å². The third-order valence-corrected chi connectivity index (χ3v) is 5.27. The Morgan fingerprint density at radius 2 is 1.76 bits per heavy atom. The normalized spacial score (nSPS) is 22.8. The van der Waals surface area contributed by atoms with E-state index in [0.29, 0.717) is 6.42 Å². The summed E-state index contributed by atoms with van der Waals surface area (Å²) < 4.78 is 27.4. The second-order valence-corrected chi connectivity index (χ2v) is 7.41. The Morgan fingerprint density at radius 3 is 2.38 bits per heavy atom. The van der Waals surface area contributed by atoms with Crippen molar-refractivity contribution >= 4 is 15.9 Å². The largest absolute Gasteiger partial charge is 0.354 e. The number of aryl methyl sites for hydroxylation is 1. The number of carbonyl (C=O) groups excluding carboxylic acids is 1. The zero-order valence-corrected chi connectivity index (χ0v) is 13.2. The molecule has 0 heterocycles. The second kappa shape index (κ2) is 6.58. The molecule has 0 aliphatic heterocycles. The SMILES string of the molecule is CC(=O)N[C@H]1CCC[C@H](NS(=O)(=O)c2ccc(C)cc2)C1. The van der Waals surface area contributed by atoms with Gasteiger partial charge in [-0.2, -0.15) is 0 Å². The van der Waals surface area contributed by atoms with Crippen molar-refractivity contribution in [1.29, 1.82) is 0 Å². The fourth-order valence-electron chi connectivity index (χ4n) is 2.72. The van der Waals surface area contributed by atoms with Gasteiger partial charge in [0.25, 0.3) is 0 Å². The number of hydrogen-bond donors (Lipinski definition) is 2. The Labute approximate surface area is 126 Å². The van der Waals surface area contributed by atoms with Crippen LogP contribution in [0.1, 0.15) is 38.2 Å². The van der Waals surface area contributed by atoms with Crippen LogP contribution in [0, 0.1) is 6.92 Å². The number of sulfonamides is 1. The van der Waals surface area contributed by atoms with Gasteiger partial charge in [-0.3, -0.25) is 4.79 Å². The van der Waals surface area contributed by atoms with Crippen LogP contribution in [0.2, 0.25) is 0 Å². The van der Waals surface area contributed by atoms with Crippen LogP contribution < -0.4 is 10.0 Å². The number of hydrogen-bond acceptors (Lipinski definition) is 3. The van der Waals surface area contributed by atoms with Crippen molar-refractivity contribution in [1.82, 2.24) is 10.0 Å². The Morgan fingerprint density at radius 1 is 1.14 bits per heavy atom. The number of amides is 1. The van der Waals surface area contributed by atoms with Crippen LogP contribution in [-0.2, 0) is 14.8 Å². The van der Waals surface area contributed by atoms with Crippen LogP contribution >= 0.6 is 0 Å². The van der Waals surface area contributed by atoms with Gasteiger partial charge in [-0.15, -0.1) is 0 Å². The van der Waals surface area contributed by atoms with E-state index in [-0.39, 0.29) is 22.9 Å². The van der Waals surface area contributed by atoms with Crippen molar-refractivity contribution in [2.75, 3.05) is 0 Å². The van der Waals surface area contributed by atoms with Gasteiger partial charge in [-0.25, -0.2) is 13.1 Å². The van der Waals surface area contributed by atoms with Crippen molar-refractivity contribution in [3.05, 3.63) is 29.8 Å². The molecule has 1 saturated carbocycles. The standard InChI is InChI=1S/C15H22N2O3S/c1-11-6-8-15(9-7-11)21(19,20)17-14-5-3-4-13(10-14)16-12(2)18/h6-9,13-14,17H,3-5,10H2,1-2H3,(H,16,18)/t13-,14-/m0/s1. The zero-order valence-electron chi connectivity index (χ0n) is 12.4. The van der Waals surface area contributed by atoms with Gasteiger partial charge in [0.15, 0.2) is 0 Å². The molecule has 0 bridgehead atoms. The molecule has 0 unspecified atom stereocenters. The lowest BCUT2D eigenvalue weighted by Crippen LogP contribution is -2.45. The molecule has 21 heavy (non-hydrogen) atoms. The van der Waals surface area contributed by atoms with Crippen LogP contribution in [0.25, 0.3) is 0 Å². The molecule has 0 aromatic heterocycles. The Kier molecular flexibility index (Phi) is 5.00. The summed E-state index contributed by atoms with van der Waals surface area (Å²) in [4.78, 5) is 11.4. The molecule has 1 fully saturated rings. The first-order valence-electron chi connectivity index (χ1n) is 7.23. The van der Waals surface area contributed by atoms with Crippen LogP contribution in [0.4, 0.5) is 0 Å². The molecule has 0 saturated heterocycles. The molecule has 116 valence electrons. The van der Waals surface area contributed by atoms with Gasteiger partial charge in [-0.05, 0) is 44.7 Å². The lowest BCUT2D eigenvalue weighted by Gasteiger charge is -2.29. The quantitative estimate of drug-likeness (QED) is 0.889. The van der Waals surface area contributed by atoms with Crippen LogP contribution in [-0.4, -0.2) is 26.4 Å². The number of rotatable bonds is 4. The summed E-state index contributed by atoms with van der Waals surface area (Å²) in [5.41, 5.74) is 1.03. The van der Waals surface area contributed by atoms with Crippen molar-refractivity contribution in [3.8, 4) is 0 Å². The average Bonchev–Trinajstić information content (AvgIpc) is 2.38. The minimum absolute atomic E-state index is 0.0574. The zero-order chi connectivity index (χ0) is 15.5. The fraction of sp³-hybridized carbons (Fsp3) is 0.533. The first-order valence-corrected chi connectivity index (χ1v) is 8.71. The van der Waals surface area contributed by atoms with Crippen LogP contribution in [0.5, 0.6) is 0 Å². The molecule has 5 nitrogen and oxygen atoms in total. The molecular weight excluding hydrogens is 288 g/mol. The van der Waals surface area contributed by atoms with E-state index in [1.165, 1.54) is 6.92 Å². The molecule has 1 aliphatic carbocycles. The summed E-state index contributed by atoms with van der Waals surface area (Å²) in [6.07, 6.45) is 3.26. The van der Waals surface area contributed by atoms with Gasteiger partial charge in [0, 0.05) is 19.0 Å². The van der Waals surface area contributed by atoms with E-state index in [4.69, 9.17) is 0 Å². The average molecular weight is 310 g/mol. The van der Waals surface area contributed by atoms with E-state index in [9.17, 15) is 13.2 Å². The number of benzene rings is 1. The molecular formula is C15H22N2O3S. The Hall–Kier alpha value is -1.40. The van der Waals surface area contributed by atoms with Crippen LogP contribution in [0.15, 0.2) is 29.2 Å². The van der Waals surface area contributed by atoms with Crippen molar-refractivity contribution in [2.24, 2.45) is 0 Å².